The van der Waals surface area contributed by atoms with E-state index < -0.39 is 5.76 Å². The lowest BCUT2D eigenvalue weighted by Crippen LogP contribution is -2.04. The van der Waals surface area contributed by atoms with Crippen molar-refractivity contribution in [3.63, 3.8) is 0 Å². The molecule has 0 fully saturated rings. The molecule has 0 aliphatic carbocycles. The van der Waals surface area contributed by atoms with Crippen LogP contribution >= 0.6 is 11.6 Å². The predicted octanol–water partition coefficient (Wildman–Crippen LogP) is 1.49. The number of rotatable bonds is 2. The minimum absolute atomic E-state index is 0.483. The Morgan fingerprint density at radius 3 is 3.07 bits per heavy atom. The van der Waals surface area contributed by atoms with Gasteiger partial charge in [-0.3, -0.25) is 4.98 Å². The Kier molecular flexibility index (Phi) is 2.31. The van der Waals surface area contributed by atoms with E-state index in [1.165, 1.54) is 0 Å². The maximum atomic E-state index is 10.9. The Hall–Kier alpha value is -1.26. The van der Waals surface area contributed by atoms with Gasteiger partial charge in [0.15, 0.2) is 5.58 Å². The van der Waals surface area contributed by atoms with Crippen LogP contribution in [0.1, 0.15) is 5.56 Å². The topological polar surface area (TPSA) is 58.0 Å². The van der Waals surface area contributed by atoms with Crippen LogP contribution in [-0.4, -0.2) is 12.0 Å². The molecule has 0 radical (unpaired) electrons. The first-order chi connectivity index (χ1) is 6.70. The highest BCUT2D eigenvalue weighted by Crippen LogP contribution is 2.22. The minimum atomic E-state index is -0.483. The molecule has 1 aromatic heterocycles. The molecule has 0 aliphatic heterocycles. The molecule has 74 valence electrons. The first-order valence-electron chi connectivity index (χ1n) is 4.16. The average Bonchev–Trinajstić information content (AvgIpc) is 2.47. The number of aromatic amines is 1. The van der Waals surface area contributed by atoms with E-state index in [2.05, 4.69) is 10.3 Å². The molecule has 0 spiro atoms. The van der Waals surface area contributed by atoms with Gasteiger partial charge in [0.1, 0.15) is 5.52 Å². The summed E-state index contributed by atoms with van der Waals surface area (Å²) in [7, 11) is 1.84. The van der Waals surface area contributed by atoms with E-state index in [1.807, 2.05) is 7.05 Å². The maximum Gasteiger partial charge on any atom is 0.417 e. The molecule has 2 rings (SSSR count). The molecular formula is C9H9ClN2O2. The molecule has 0 unspecified atom stereocenters. The van der Waals surface area contributed by atoms with Crippen LogP contribution < -0.4 is 11.1 Å². The second-order valence-corrected chi connectivity index (χ2v) is 3.40. The zero-order valence-electron chi connectivity index (χ0n) is 7.56. The minimum Gasteiger partial charge on any atom is -0.408 e. The zero-order valence-corrected chi connectivity index (χ0v) is 8.31. The summed E-state index contributed by atoms with van der Waals surface area (Å²) < 4.78 is 4.91. The number of hydrogen-bond donors (Lipinski definition) is 2. The van der Waals surface area contributed by atoms with E-state index in [1.54, 1.807) is 12.1 Å². The lowest BCUT2D eigenvalue weighted by Gasteiger charge is -2.00. The van der Waals surface area contributed by atoms with E-state index in [-0.39, 0.29) is 0 Å². The van der Waals surface area contributed by atoms with Gasteiger partial charge in [0.25, 0.3) is 0 Å². The molecule has 0 atom stereocenters. The highest BCUT2D eigenvalue weighted by molar-refractivity contribution is 6.34. The van der Waals surface area contributed by atoms with E-state index in [4.69, 9.17) is 16.0 Å². The van der Waals surface area contributed by atoms with Crippen molar-refractivity contribution < 1.29 is 4.42 Å². The van der Waals surface area contributed by atoms with Crippen molar-refractivity contribution in [3.05, 3.63) is 33.3 Å². The highest BCUT2D eigenvalue weighted by atomic mass is 35.5. The van der Waals surface area contributed by atoms with Gasteiger partial charge in [-0.15, -0.1) is 0 Å². The summed E-state index contributed by atoms with van der Waals surface area (Å²) in [6.45, 7) is 0.685. The molecule has 2 N–H and O–H groups in total. The molecule has 4 nitrogen and oxygen atoms in total. The first-order valence-corrected chi connectivity index (χ1v) is 4.54. The summed E-state index contributed by atoms with van der Waals surface area (Å²) >= 11 is 5.95. The molecule has 5 heteroatoms. The van der Waals surface area contributed by atoms with Gasteiger partial charge in [0.05, 0.1) is 5.02 Å². The molecule has 0 saturated carbocycles. The van der Waals surface area contributed by atoms with E-state index >= 15 is 0 Å². The third-order valence-corrected chi connectivity index (χ3v) is 2.22. The Balaban J connectivity index is 2.65. The van der Waals surface area contributed by atoms with Gasteiger partial charge in [-0.2, -0.15) is 0 Å². The summed E-state index contributed by atoms with van der Waals surface area (Å²) in [6.07, 6.45) is 0. The number of halogens is 1. The van der Waals surface area contributed by atoms with Crippen LogP contribution in [0.25, 0.3) is 11.1 Å². The van der Waals surface area contributed by atoms with Gasteiger partial charge in [-0.25, -0.2) is 4.79 Å². The van der Waals surface area contributed by atoms with Gasteiger partial charge in [0.2, 0.25) is 0 Å². The largest absolute Gasteiger partial charge is 0.417 e. The second-order valence-electron chi connectivity index (χ2n) is 3.00. The van der Waals surface area contributed by atoms with Crippen LogP contribution in [0.2, 0.25) is 5.02 Å². The van der Waals surface area contributed by atoms with Crippen molar-refractivity contribution in [2.75, 3.05) is 7.05 Å². The number of H-pyrrole nitrogens is 1. The molecule has 0 saturated heterocycles. The van der Waals surface area contributed by atoms with Gasteiger partial charge in [-0.1, -0.05) is 11.6 Å². The van der Waals surface area contributed by atoms with Crippen molar-refractivity contribution in [1.82, 2.24) is 10.3 Å². The normalized spacial score (nSPS) is 11.0. The second kappa shape index (κ2) is 3.48. The monoisotopic (exact) mass is 212 g/mol. The van der Waals surface area contributed by atoms with Crippen molar-refractivity contribution in [1.29, 1.82) is 0 Å². The summed E-state index contributed by atoms with van der Waals surface area (Å²) in [5.74, 6) is -0.483. The third-order valence-electron chi connectivity index (χ3n) is 1.92. The van der Waals surface area contributed by atoms with E-state index in [0.29, 0.717) is 22.7 Å². The Bertz CT molecular complexity index is 515. The molecule has 14 heavy (non-hydrogen) atoms. The number of hydrogen-bond acceptors (Lipinski definition) is 3. The van der Waals surface area contributed by atoms with Crippen LogP contribution in [0.15, 0.2) is 21.3 Å². The molecule has 2 aromatic rings. The third kappa shape index (κ3) is 1.54. The van der Waals surface area contributed by atoms with E-state index in [9.17, 15) is 4.79 Å². The first kappa shape index (κ1) is 9.30. The quantitative estimate of drug-likeness (QED) is 0.793. The van der Waals surface area contributed by atoms with E-state index in [0.717, 1.165) is 5.56 Å². The van der Waals surface area contributed by atoms with Crippen LogP contribution in [0.5, 0.6) is 0 Å². The van der Waals surface area contributed by atoms with Gasteiger partial charge in [0, 0.05) is 6.54 Å². The summed E-state index contributed by atoms with van der Waals surface area (Å²) in [4.78, 5) is 13.4. The van der Waals surface area contributed by atoms with Crippen LogP contribution in [0, 0.1) is 0 Å². The molecule has 1 heterocycles. The average molecular weight is 213 g/mol. The summed E-state index contributed by atoms with van der Waals surface area (Å²) in [5, 5.41) is 3.49. The zero-order chi connectivity index (χ0) is 10.1. The Labute approximate surface area is 84.9 Å². The van der Waals surface area contributed by atoms with Gasteiger partial charge >= 0.3 is 5.76 Å². The Morgan fingerprint density at radius 1 is 1.57 bits per heavy atom. The number of oxazole rings is 1. The molecule has 0 amide bonds. The fourth-order valence-corrected chi connectivity index (χ4v) is 1.65. The fourth-order valence-electron chi connectivity index (χ4n) is 1.37. The van der Waals surface area contributed by atoms with Crippen molar-refractivity contribution >= 4 is 22.7 Å². The van der Waals surface area contributed by atoms with Crippen molar-refractivity contribution in [2.45, 2.75) is 6.54 Å². The Morgan fingerprint density at radius 2 is 2.36 bits per heavy atom. The SMILES string of the molecule is CNCc1cc(Cl)c2[nH]c(=O)oc2c1. The fraction of sp³-hybridized carbons (Fsp3) is 0.222. The van der Waals surface area contributed by atoms with Gasteiger partial charge in [-0.05, 0) is 24.7 Å². The number of aromatic nitrogens is 1. The molecule has 0 aliphatic rings. The summed E-state index contributed by atoms with van der Waals surface area (Å²) in [6, 6.07) is 3.58. The molecular weight excluding hydrogens is 204 g/mol. The highest BCUT2D eigenvalue weighted by Gasteiger charge is 2.06. The lowest BCUT2D eigenvalue weighted by atomic mass is 10.2. The predicted molar refractivity (Wildman–Crippen MR) is 54.6 cm³/mol. The van der Waals surface area contributed by atoms with Crippen molar-refractivity contribution in [2.24, 2.45) is 0 Å². The summed E-state index contributed by atoms with van der Waals surface area (Å²) in [5.41, 5.74) is 2.03. The molecule has 1 aromatic carbocycles. The molecule has 0 bridgehead atoms. The number of benzene rings is 1. The lowest BCUT2D eigenvalue weighted by molar-refractivity contribution is 0.555. The number of nitrogens with one attached hydrogen (secondary N) is 2. The maximum absolute atomic E-state index is 10.9. The van der Waals surface area contributed by atoms with Crippen LogP contribution in [0.3, 0.4) is 0 Å². The number of fused-ring (bicyclic) bond motifs is 1. The van der Waals surface area contributed by atoms with Gasteiger partial charge < -0.3 is 9.73 Å². The van der Waals surface area contributed by atoms with Crippen LogP contribution in [0.4, 0.5) is 0 Å². The standard InChI is InChI=1S/C9H9ClN2O2/c1-11-4-5-2-6(10)8-7(3-5)14-9(13)12-8/h2-3,11H,4H2,1H3,(H,12,13). The van der Waals surface area contributed by atoms with Crippen molar-refractivity contribution in [3.8, 4) is 0 Å². The smallest absolute Gasteiger partial charge is 0.408 e. The van der Waals surface area contributed by atoms with Crippen LogP contribution in [-0.2, 0) is 6.54 Å².